The van der Waals surface area contributed by atoms with Crippen LogP contribution in [0.4, 0.5) is 107 Å². The Morgan fingerprint density at radius 3 is 1.39 bits per heavy atom. The van der Waals surface area contributed by atoms with Gasteiger partial charge in [-0.1, -0.05) is 74.6 Å². The largest absolute Gasteiger partial charge is 0.471 e. The highest BCUT2D eigenvalue weighted by Crippen LogP contribution is 2.54. The van der Waals surface area contributed by atoms with Gasteiger partial charge >= 0.3 is 24.7 Å². The molecule has 4 saturated carbocycles. The number of nitrogens with zero attached hydrogens (tertiary/aromatic N) is 14. The number of anilines is 7. The summed E-state index contributed by atoms with van der Waals surface area (Å²) in [4.78, 5) is 48.0. The van der Waals surface area contributed by atoms with Crippen LogP contribution in [0.5, 0.6) is 5.88 Å². The monoisotopic (exact) mass is 1780 g/mol. The van der Waals surface area contributed by atoms with Crippen molar-refractivity contribution >= 4 is 41.1 Å². The van der Waals surface area contributed by atoms with Crippen molar-refractivity contribution in [2.45, 2.75) is 233 Å². The number of aliphatic hydroxyl groups excluding tert-OH is 2. The fraction of sp³-hybridized carbons (Fsp3) is 0.482. The van der Waals surface area contributed by atoms with E-state index in [9.17, 15) is 91.7 Å². The second-order valence-electron chi connectivity index (χ2n) is 32.6. The van der Waals surface area contributed by atoms with Crippen molar-refractivity contribution < 1.29 is 90.6 Å². The van der Waals surface area contributed by atoms with Crippen molar-refractivity contribution in [2.75, 3.05) is 50.9 Å². The molecule has 0 saturated heterocycles. The summed E-state index contributed by atoms with van der Waals surface area (Å²) in [6.45, 7) is 14.5. The molecular formula is C85H100F15N21O5. The Hall–Kier alpha value is -11.7. The first-order chi connectivity index (χ1) is 58.0. The number of hydrogen-bond donors (Lipinski definition) is 10. The fourth-order valence-electron chi connectivity index (χ4n) is 13.9. The summed E-state index contributed by atoms with van der Waals surface area (Å²) in [7, 11) is 1.54. The van der Waals surface area contributed by atoms with Gasteiger partial charge in [-0.15, -0.1) is 0 Å². The van der Waals surface area contributed by atoms with Gasteiger partial charge in [0.15, 0.2) is 6.61 Å². The van der Waals surface area contributed by atoms with Crippen molar-refractivity contribution in [3.8, 4) is 29.1 Å². The Balaban J connectivity index is 0.000000207. The summed E-state index contributed by atoms with van der Waals surface area (Å²) in [5.74, 6) is -2.87. The van der Waals surface area contributed by atoms with E-state index in [1.54, 1.807) is 64.5 Å². The molecule has 8 heterocycles. The van der Waals surface area contributed by atoms with Gasteiger partial charge in [0.05, 0.1) is 46.9 Å². The molecule has 0 spiro atoms. The average molecular weight is 1780 g/mol. The second-order valence-corrected chi connectivity index (χ2v) is 32.6. The third-order valence-corrected chi connectivity index (χ3v) is 22.8. The maximum absolute atomic E-state index is 13.5. The zero-order valence-electron chi connectivity index (χ0n) is 68.8. The number of hydrogen-bond acceptors (Lipinski definition) is 26. The van der Waals surface area contributed by atoms with E-state index in [0.29, 0.717) is 68.3 Å². The van der Waals surface area contributed by atoms with Crippen LogP contribution in [-0.2, 0) is 61.9 Å². The van der Waals surface area contributed by atoms with Gasteiger partial charge in [0.25, 0.3) is 5.92 Å². The molecule has 4 fully saturated rings. The predicted molar refractivity (Wildman–Crippen MR) is 440 cm³/mol. The summed E-state index contributed by atoms with van der Waals surface area (Å²) >= 11 is 0. The van der Waals surface area contributed by atoms with Crippen molar-refractivity contribution in [2.24, 2.45) is 16.2 Å². The molecule has 9 aromatic rings. The SMILES string of the molecule is C.C.CC(F)(F)COc1ncccc1CNc1ncc(C#N)c(N[C@H]2C[C@@H](O)C2(C)C)n1.CC1(C)[C@H](O)C[C@@H]1Nc1nc(CCc2cnccc2-c2ccc(F)cc2)ncc1C(F)(F)F.CC1(O)CCC(Nc2nc(NCc3cnccc3C(F)(F)F)ncc2C#N)CC1.COC1(C)CC(Nc2nc(NCc3cnccc3C(F)(F)F)ncc2C(F)(F)F)C1(C)C. The van der Waals surface area contributed by atoms with E-state index in [0.717, 1.165) is 79.6 Å². The maximum Gasteiger partial charge on any atom is 0.421 e. The molecule has 4 aliphatic rings. The number of pyridine rings is 4. The lowest BCUT2D eigenvalue weighted by Crippen LogP contribution is -2.65. The molecule has 10 N–H and O–H groups in total. The van der Waals surface area contributed by atoms with Gasteiger partial charge in [-0.25, -0.2) is 43.1 Å². The normalized spacial score (nSPS) is 20.8. The minimum atomic E-state index is -4.72. The minimum Gasteiger partial charge on any atom is -0.471 e. The van der Waals surface area contributed by atoms with E-state index >= 15 is 0 Å². The third kappa shape index (κ3) is 25.1. The molecule has 0 amide bonds. The first-order valence-corrected chi connectivity index (χ1v) is 39.0. The van der Waals surface area contributed by atoms with E-state index < -0.39 is 99.5 Å². The van der Waals surface area contributed by atoms with Gasteiger partial charge < -0.3 is 62.0 Å². The fourth-order valence-corrected chi connectivity index (χ4v) is 13.9. The number of aliphatic hydroxyl groups is 3. The van der Waals surface area contributed by atoms with Crippen molar-refractivity contribution in [3.63, 3.8) is 0 Å². The number of nitrogens with one attached hydrogen (secondary N) is 7. The number of methoxy groups -OCH3 is 1. The van der Waals surface area contributed by atoms with Crippen LogP contribution in [0, 0.1) is 44.7 Å². The summed E-state index contributed by atoms with van der Waals surface area (Å²) in [6.07, 6.45) is -1.44. The van der Waals surface area contributed by atoms with Crippen LogP contribution in [0.25, 0.3) is 11.1 Å². The van der Waals surface area contributed by atoms with E-state index in [2.05, 4.69) is 97.0 Å². The number of benzene rings is 1. The highest BCUT2D eigenvalue weighted by atomic mass is 19.4. The van der Waals surface area contributed by atoms with Crippen molar-refractivity contribution in [1.82, 2.24) is 59.8 Å². The zero-order chi connectivity index (χ0) is 90.8. The Bertz CT molecular complexity index is 5230. The predicted octanol–water partition coefficient (Wildman–Crippen LogP) is 17.9. The van der Waals surface area contributed by atoms with E-state index in [1.807, 2.05) is 52.8 Å². The molecule has 126 heavy (non-hydrogen) atoms. The molecular weight excluding hydrogens is 1680 g/mol. The zero-order valence-corrected chi connectivity index (χ0v) is 68.8. The number of alkyl halides is 14. The maximum atomic E-state index is 13.5. The standard InChI is InChI=1S/C24H24F4N4O.C20H23F6N5O.C20H24F2N6O2.C19H21F3N6O.2CH4/c1-23(2)19(11-20(23)33)31-22-18(24(26,27)28)13-30-21(32-22)8-5-15-12-29-10-9-17(15)14-3-6-16(25)7-4-14;1-17(2)14(7-18(17,3)32-4)30-15-13(20(24,25)26)10-29-16(31-15)28-9-11-8-27-6-5-12(11)19(21,22)23;1-19(2)14(7-15(19)29)27-16-13(8-23)10-26-18(28-16)25-9-12-5-4-6-24-17(12)30-11-20(3,21)22;1-18(29)5-2-14(3-6-18)27-16-12(8-23)10-25-17(28-16)26-11-13-9-24-7-4-15(13)19(20,21)22;;/h3-4,6-7,9-10,12-13,19-20,33H,5,8,11H2,1-2H3,(H,30,31,32);5-6,8,10,14H,7,9H2,1-4H3,(H2,28,29,30,31);4-6,10,14-15,29H,7,9,11H2,1-3H3,(H2,25,26,27,28);4,7,9-10,14,29H,2-3,5-6,11H2,1H3,(H2,25,26,27,28);2*1H4/t19-,20+;;14-,15+;;;/m0.0.../s1. The molecule has 13 rings (SSSR count). The topological polar surface area (TPSA) is 366 Å². The van der Waals surface area contributed by atoms with Gasteiger partial charge in [0.2, 0.25) is 23.7 Å². The second kappa shape index (κ2) is 40.3. The number of ether oxygens (including phenoxy) is 2. The third-order valence-electron chi connectivity index (χ3n) is 22.8. The molecule has 26 nitrogen and oxygen atoms in total. The summed E-state index contributed by atoms with van der Waals surface area (Å²) in [5, 5.41) is 69.0. The van der Waals surface area contributed by atoms with Gasteiger partial charge in [0.1, 0.15) is 69.3 Å². The number of aryl methyl sites for hydroxylation is 2. The van der Waals surface area contributed by atoms with Crippen LogP contribution in [0.1, 0.15) is 184 Å². The van der Waals surface area contributed by atoms with Crippen LogP contribution < -0.4 is 42.0 Å². The minimum absolute atomic E-state index is 0. The van der Waals surface area contributed by atoms with Gasteiger partial charge in [-0.3, -0.25) is 15.0 Å². The van der Waals surface area contributed by atoms with Crippen LogP contribution in [0.2, 0.25) is 0 Å². The smallest absolute Gasteiger partial charge is 0.421 e. The van der Waals surface area contributed by atoms with Crippen LogP contribution >= 0.6 is 0 Å². The molecule has 6 atom stereocenters. The van der Waals surface area contributed by atoms with E-state index in [1.165, 1.54) is 30.7 Å². The van der Waals surface area contributed by atoms with Gasteiger partial charge in [-0.05, 0) is 118 Å². The molecule has 41 heteroatoms. The highest BCUT2D eigenvalue weighted by molar-refractivity contribution is 5.67. The van der Waals surface area contributed by atoms with E-state index in [4.69, 9.17) is 9.47 Å². The molecule has 680 valence electrons. The molecule has 0 aliphatic heterocycles. The molecule has 4 aliphatic carbocycles. The average Bonchev–Trinajstić information content (AvgIpc) is 0.724. The van der Waals surface area contributed by atoms with E-state index in [-0.39, 0.29) is 128 Å². The number of nitriles is 2. The number of halogens is 15. The van der Waals surface area contributed by atoms with Crippen LogP contribution in [-0.4, -0.2) is 142 Å². The lowest BCUT2D eigenvalue weighted by atomic mass is 9.56. The Morgan fingerprint density at radius 2 is 0.929 bits per heavy atom. The molecule has 0 bridgehead atoms. The van der Waals surface area contributed by atoms with Gasteiger partial charge in [-0.2, -0.15) is 78.2 Å². The first kappa shape index (κ1) is 99.7. The Morgan fingerprint density at radius 1 is 0.492 bits per heavy atom. The molecule has 0 radical (unpaired) electrons. The number of rotatable bonds is 25. The summed E-state index contributed by atoms with van der Waals surface area (Å²) < 4.78 is 210. The van der Waals surface area contributed by atoms with Crippen LogP contribution in [0.15, 0.2) is 123 Å². The quantitative estimate of drug-likeness (QED) is 0.0238. The van der Waals surface area contributed by atoms with Gasteiger partial charge in [0, 0.05) is 153 Å². The lowest BCUT2D eigenvalue weighted by Gasteiger charge is -2.59. The molecule has 2 unspecified atom stereocenters. The highest BCUT2D eigenvalue weighted by Gasteiger charge is 2.58. The van der Waals surface area contributed by atoms with Crippen molar-refractivity contribution in [3.05, 3.63) is 190 Å². The summed E-state index contributed by atoms with van der Waals surface area (Å²) in [5.41, 5.74) is -2.89. The number of aromatic nitrogens is 12. The first-order valence-electron chi connectivity index (χ1n) is 39.0. The molecule has 8 aromatic heterocycles. The van der Waals surface area contributed by atoms with Crippen molar-refractivity contribution in [1.29, 1.82) is 10.5 Å². The Labute approximate surface area is 718 Å². The molecule has 1 aromatic carbocycles. The van der Waals surface area contributed by atoms with Crippen LogP contribution in [0.3, 0.4) is 0 Å². The Kier molecular flexibility index (Phi) is 31.9. The lowest BCUT2D eigenvalue weighted by molar-refractivity contribution is -0.166. The summed E-state index contributed by atoms with van der Waals surface area (Å²) in [6, 6.07) is 16.4.